The standard InChI is InChI=1S/C29H24ClN3S2/c30-20-6-8-22(9-7-20)34-23-10-12-25-26-13-11-24(19-28(26)29(31)27(25)18-23)35-33-16-14-32(15-17-33)21-4-2-1-3-5-21/h1-13,18-19,31H,14-17H2. The van der Waals surface area contributed by atoms with E-state index < -0.39 is 0 Å². The van der Waals surface area contributed by atoms with Crippen LogP contribution in [0.2, 0.25) is 5.02 Å². The zero-order chi connectivity index (χ0) is 23.8. The predicted octanol–water partition coefficient (Wildman–Crippen LogP) is 7.72. The molecule has 0 spiro atoms. The van der Waals surface area contributed by atoms with E-state index in [2.05, 4.69) is 75.9 Å². The molecule has 1 N–H and O–H groups in total. The van der Waals surface area contributed by atoms with Crippen LogP contribution in [0.3, 0.4) is 0 Å². The van der Waals surface area contributed by atoms with Crippen molar-refractivity contribution in [3.63, 3.8) is 0 Å². The number of benzene rings is 4. The van der Waals surface area contributed by atoms with E-state index in [9.17, 15) is 0 Å². The van der Waals surface area contributed by atoms with Crippen molar-refractivity contribution >= 4 is 46.7 Å². The molecule has 35 heavy (non-hydrogen) atoms. The van der Waals surface area contributed by atoms with Gasteiger partial charge in [0.1, 0.15) is 0 Å². The third kappa shape index (κ3) is 4.74. The first-order valence-corrected chi connectivity index (χ1v) is 13.6. The number of nitrogens with zero attached hydrogens (tertiary/aromatic N) is 2. The van der Waals surface area contributed by atoms with Gasteiger partial charge in [-0.3, -0.25) is 5.41 Å². The first kappa shape index (κ1) is 22.7. The summed E-state index contributed by atoms with van der Waals surface area (Å²) in [6.45, 7) is 4.08. The fourth-order valence-electron chi connectivity index (χ4n) is 4.66. The van der Waals surface area contributed by atoms with Crippen LogP contribution in [-0.4, -0.2) is 36.2 Å². The first-order chi connectivity index (χ1) is 17.1. The number of piperazine rings is 1. The molecule has 0 amide bonds. The van der Waals surface area contributed by atoms with Crippen LogP contribution in [0.4, 0.5) is 5.69 Å². The minimum atomic E-state index is 0.616. The van der Waals surface area contributed by atoms with Crippen molar-refractivity contribution in [1.82, 2.24) is 4.31 Å². The average molecular weight is 514 g/mol. The Hall–Kier alpha value is -2.70. The summed E-state index contributed by atoms with van der Waals surface area (Å²) in [4.78, 5) is 5.92. The normalized spacial score (nSPS) is 15.2. The molecule has 0 atom stereocenters. The highest BCUT2D eigenvalue weighted by Gasteiger charge is 2.25. The van der Waals surface area contributed by atoms with Crippen LogP contribution >= 0.6 is 35.3 Å². The molecule has 1 fully saturated rings. The number of para-hydroxylation sites is 1. The zero-order valence-electron chi connectivity index (χ0n) is 19.1. The highest BCUT2D eigenvalue weighted by molar-refractivity contribution is 7.99. The number of anilines is 1. The van der Waals surface area contributed by atoms with Gasteiger partial charge in [-0.1, -0.05) is 53.7 Å². The summed E-state index contributed by atoms with van der Waals surface area (Å²) in [5.41, 5.74) is 6.27. The first-order valence-electron chi connectivity index (χ1n) is 11.7. The molecule has 0 aromatic heterocycles. The maximum absolute atomic E-state index is 8.90. The van der Waals surface area contributed by atoms with Crippen molar-refractivity contribution in [2.45, 2.75) is 14.7 Å². The summed E-state index contributed by atoms with van der Waals surface area (Å²) in [5, 5.41) is 9.64. The Morgan fingerprint density at radius 1 is 0.629 bits per heavy atom. The van der Waals surface area contributed by atoms with Crippen molar-refractivity contribution in [3.05, 3.63) is 107 Å². The van der Waals surface area contributed by atoms with Gasteiger partial charge in [0, 0.05) is 62.7 Å². The van der Waals surface area contributed by atoms with E-state index >= 15 is 0 Å². The van der Waals surface area contributed by atoms with E-state index in [1.165, 1.54) is 10.6 Å². The lowest BCUT2D eigenvalue weighted by atomic mass is 10.1. The lowest BCUT2D eigenvalue weighted by Crippen LogP contribution is -2.43. The van der Waals surface area contributed by atoms with Crippen molar-refractivity contribution in [2.24, 2.45) is 0 Å². The second kappa shape index (κ2) is 9.75. The van der Waals surface area contributed by atoms with Crippen LogP contribution in [-0.2, 0) is 0 Å². The number of nitrogens with one attached hydrogen (secondary N) is 1. The fourth-order valence-corrected chi connectivity index (χ4v) is 6.59. The molecule has 0 unspecified atom stereocenters. The zero-order valence-corrected chi connectivity index (χ0v) is 21.5. The van der Waals surface area contributed by atoms with Crippen molar-refractivity contribution in [3.8, 4) is 11.1 Å². The highest BCUT2D eigenvalue weighted by Crippen LogP contribution is 2.41. The Morgan fingerprint density at radius 2 is 1.23 bits per heavy atom. The predicted molar refractivity (Wildman–Crippen MR) is 149 cm³/mol. The third-order valence-electron chi connectivity index (χ3n) is 6.45. The molecular weight excluding hydrogens is 490 g/mol. The molecule has 4 aromatic carbocycles. The summed E-state index contributed by atoms with van der Waals surface area (Å²) in [5.74, 6) is 0. The Labute approximate surface area is 219 Å². The van der Waals surface area contributed by atoms with Crippen LogP contribution in [0.25, 0.3) is 11.1 Å². The Morgan fingerprint density at radius 3 is 1.91 bits per heavy atom. The van der Waals surface area contributed by atoms with Gasteiger partial charge in [-0.15, -0.1) is 0 Å². The second-order valence-corrected chi connectivity index (χ2v) is 11.4. The summed E-state index contributed by atoms with van der Waals surface area (Å²) >= 11 is 9.53. The SMILES string of the molecule is N=C1c2cc(Sc3ccc(Cl)cc3)ccc2-c2ccc(SN3CCN(c4ccccc4)CC3)cc21. The molecule has 6 rings (SSSR count). The minimum absolute atomic E-state index is 0.616. The van der Waals surface area contributed by atoms with Gasteiger partial charge in [0.2, 0.25) is 0 Å². The number of halogens is 1. The van der Waals surface area contributed by atoms with Gasteiger partial charge in [-0.05, 0) is 83.7 Å². The fraction of sp³-hybridized carbons (Fsp3) is 0.138. The number of rotatable bonds is 5. The lowest BCUT2D eigenvalue weighted by molar-refractivity contribution is 0.429. The van der Waals surface area contributed by atoms with E-state index in [1.54, 1.807) is 11.8 Å². The van der Waals surface area contributed by atoms with Crippen molar-refractivity contribution < 1.29 is 0 Å². The molecule has 1 heterocycles. The Balaban J connectivity index is 1.15. The summed E-state index contributed by atoms with van der Waals surface area (Å²) in [6.07, 6.45) is 0. The minimum Gasteiger partial charge on any atom is -0.369 e. The molecule has 0 saturated carbocycles. The van der Waals surface area contributed by atoms with Crippen molar-refractivity contribution in [1.29, 1.82) is 5.41 Å². The van der Waals surface area contributed by atoms with Crippen LogP contribution in [0.1, 0.15) is 11.1 Å². The van der Waals surface area contributed by atoms with E-state index in [-0.39, 0.29) is 0 Å². The van der Waals surface area contributed by atoms with Gasteiger partial charge in [-0.25, -0.2) is 4.31 Å². The maximum Gasteiger partial charge on any atom is 0.0697 e. The van der Waals surface area contributed by atoms with Crippen LogP contribution in [0, 0.1) is 5.41 Å². The molecule has 2 aliphatic rings. The Kier molecular flexibility index (Phi) is 6.33. The van der Waals surface area contributed by atoms with Gasteiger partial charge in [-0.2, -0.15) is 0 Å². The van der Waals surface area contributed by atoms with E-state index in [1.807, 2.05) is 36.2 Å². The highest BCUT2D eigenvalue weighted by atomic mass is 35.5. The Bertz CT molecular complexity index is 1380. The molecule has 0 radical (unpaired) electrons. The summed E-state index contributed by atoms with van der Waals surface area (Å²) in [7, 11) is 0. The average Bonchev–Trinajstić information content (AvgIpc) is 3.17. The molecule has 6 heteroatoms. The molecule has 174 valence electrons. The van der Waals surface area contributed by atoms with Gasteiger partial charge in [0.05, 0.1) is 5.71 Å². The second-order valence-electron chi connectivity index (χ2n) is 8.69. The molecule has 0 bridgehead atoms. The van der Waals surface area contributed by atoms with Gasteiger partial charge >= 0.3 is 0 Å². The van der Waals surface area contributed by atoms with Crippen LogP contribution in [0.15, 0.2) is 106 Å². The molecule has 1 aliphatic carbocycles. The largest absolute Gasteiger partial charge is 0.369 e. The third-order valence-corrected chi connectivity index (χ3v) is 8.79. The van der Waals surface area contributed by atoms with Gasteiger partial charge < -0.3 is 4.90 Å². The topological polar surface area (TPSA) is 30.3 Å². The van der Waals surface area contributed by atoms with E-state index in [0.717, 1.165) is 63.2 Å². The van der Waals surface area contributed by atoms with Gasteiger partial charge in [0.15, 0.2) is 0 Å². The monoisotopic (exact) mass is 513 g/mol. The summed E-state index contributed by atoms with van der Waals surface area (Å²) in [6, 6.07) is 31.6. The lowest BCUT2D eigenvalue weighted by Gasteiger charge is -2.35. The molecule has 1 saturated heterocycles. The van der Waals surface area contributed by atoms with Gasteiger partial charge in [0.25, 0.3) is 0 Å². The van der Waals surface area contributed by atoms with Crippen molar-refractivity contribution in [2.75, 3.05) is 31.1 Å². The molecule has 1 aliphatic heterocycles. The van der Waals surface area contributed by atoms with Crippen LogP contribution in [0.5, 0.6) is 0 Å². The number of hydrogen-bond acceptors (Lipinski definition) is 5. The van der Waals surface area contributed by atoms with E-state index in [4.69, 9.17) is 17.0 Å². The molecular formula is C29H24ClN3S2. The summed E-state index contributed by atoms with van der Waals surface area (Å²) < 4.78 is 2.44. The smallest absolute Gasteiger partial charge is 0.0697 e. The van der Waals surface area contributed by atoms with E-state index in [0.29, 0.717) is 5.71 Å². The number of fused-ring (bicyclic) bond motifs is 3. The van der Waals surface area contributed by atoms with Crippen LogP contribution < -0.4 is 4.90 Å². The maximum atomic E-state index is 8.90. The molecule has 3 nitrogen and oxygen atoms in total. The quantitative estimate of drug-likeness (QED) is 0.244. The molecule has 4 aromatic rings. The number of hydrogen-bond donors (Lipinski definition) is 1.